The summed E-state index contributed by atoms with van der Waals surface area (Å²) in [7, 11) is 1.62. The van der Waals surface area contributed by atoms with E-state index in [-0.39, 0.29) is 5.63 Å². The van der Waals surface area contributed by atoms with Crippen LogP contribution in [0.1, 0.15) is 25.8 Å². The van der Waals surface area contributed by atoms with Crippen molar-refractivity contribution in [1.29, 1.82) is 0 Å². The SMILES string of the molecule is CCCN1CCN(c2ncccc2-c2nc3cc(OC)cc(CC)c3c(=O)o2)CC1. The Labute approximate surface area is 176 Å². The largest absolute Gasteiger partial charge is 0.497 e. The summed E-state index contributed by atoms with van der Waals surface area (Å²) in [6.45, 7) is 9.08. The number of benzene rings is 1. The van der Waals surface area contributed by atoms with Gasteiger partial charge in [0.05, 0.1) is 23.6 Å². The molecule has 0 bridgehead atoms. The van der Waals surface area contributed by atoms with Crippen LogP contribution in [0.25, 0.3) is 22.4 Å². The summed E-state index contributed by atoms with van der Waals surface area (Å²) in [5.74, 6) is 1.78. The molecular weight excluding hydrogens is 380 g/mol. The van der Waals surface area contributed by atoms with Crippen molar-refractivity contribution in [3.05, 3.63) is 46.4 Å². The molecule has 7 nitrogen and oxygen atoms in total. The molecule has 3 aromatic rings. The first kappa shape index (κ1) is 20.3. The molecule has 4 rings (SSSR count). The molecule has 7 heteroatoms. The summed E-state index contributed by atoms with van der Waals surface area (Å²) in [6.07, 6.45) is 3.62. The van der Waals surface area contributed by atoms with E-state index in [2.05, 4.69) is 21.7 Å². The first-order chi connectivity index (χ1) is 14.6. The normalized spacial score (nSPS) is 15.0. The Kier molecular flexibility index (Phi) is 5.99. The van der Waals surface area contributed by atoms with Crippen molar-refractivity contribution in [3.8, 4) is 17.2 Å². The minimum atomic E-state index is -0.378. The molecule has 0 amide bonds. The predicted molar refractivity (Wildman–Crippen MR) is 118 cm³/mol. The average molecular weight is 409 g/mol. The molecule has 0 saturated carbocycles. The number of pyridine rings is 1. The second-order valence-corrected chi connectivity index (χ2v) is 7.54. The summed E-state index contributed by atoms with van der Waals surface area (Å²) < 4.78 is 11.1. The minimum Gasteiger partial charge on any atom is -0.497 e. The Balaban J connectivity index is 1.76. The Morgan fingerprint density at radius 3 is 2.67 bits per heavy atom. The molecule has 1 saturated heterocycles. The molecule has 3 heterocycles. The van der Waals surface area contributed by atoms with Crippen LogP contribution in [0.5, 0.6) is 5.75 Å². The van der Waals surface area contributed by atoms with Gasteiger partial charge < -0.3 is 14.1 Å². The molecule has 30 heavy (non-hydrogen) atoms. The van der Waals surface area contributed by atoms with E-state index in [1.165, 1.54) is 0 Å². The fraction of sp³-hybridized carbons (Fsp3) is 0.435. The highest BCUT2D eigenvalue weighted by Crippen LogP contribution is 2.30. The van der Waals surface area contributed by atoms with Crippen molar-refractivity contribution in [1.82, 2.24) is 14.9 Å². The molecule has 1 aliphatic rings. The zero-order chi connectivity index (χ0) is 21.1. The monoisotopic (exact) mass is 408 g/mol. The molecule has 2 aromatic heterocycles. The van der Waals surface area contributed by atoms with Gasteiger partial charge in [-0.2, -0.15) is 0 Å². The fourth-order valence-electron chi connectivity index (χ4n) is 4.08. The van der Waals surface area contributed by atoms with Gasteiger partial charge in [-0.25, -0.2) is 14.8 Å². The van der Waals surface area contributed by atoms with Crippen LogP contribution in [0.3, 0.4) is 0 Å². The maximum absolute atomic E-state index is 12.9. The summed E-state index contributed by atoms with van der Waals surface area (Å²) in [6, 6.07) is 7.42. The molecule has 1 fully saturated rings. The van der Waals surface area contributed by atoms with Gasteiger partial charge in [0.25, 0.3) is 0 Å². The van der Waals surface area contributed by atoms with Crippen molar-refractivity contribution < 1.29 is 9.15 Å². The molecule has 0 radical (unpaired) electrons. The molecule has 0 atom stereocenters. The van der Waals surface area contributed by atoms with E-state index < -0.39 is 0 Å². The second-order valence-electron chi connectivity index (χ2n) is 7.54. The van der Waals surface area contributed by atoms with Crippen molar-refractivity contribution in [2.24, 2.45) is 0 Å². The van der Waals surface area contributed by atoms with Gasteiger partial charge in [-0.1, -0.05) is 13.8 Å². The third-order valence-electron chi connectivity index (χ3n) is 5.63. The summed E-state index contributed by atoms with van der Waals surface area (Å²) in [4.78, 5) is 26.9. The van der Waals surface area contributed by atoms with Gasteiger partial charge in [-0.05, 0) is 43.1 Å². The molecule has 158 valence electrons. The smallest absolute Gasteiger partial charge is 0.347 e. The Morgan fingerprint density at radius 2 is 1.97 bits per heavy atom. The lowest BCUT2D eigenvalue weighted by molar-refractivity contribution is 0.258. The van der Waals surface area contributed by atoms with Crippen LogP contribution < -0.4 is 15.3 Å². The highest BCUT2D eigenvalue weighted by atomic mass is 16.5. The van der Waals surface area contributed by atoms with E-state index in [1.54, 1.807) is 19.4 Å². The average Bonchev–Trinajstić information content (AvgIpc) is 2.78. The first-order valence-electron chi connectivity index (χ1n) is 10.6. The van der Waals surface area contributed by atoms with Crippen LogP contribution in [0.4, 0.5) is 5.82 Å². The van der Waals surface area contributed by atoms with Gasteiger partial charge >= 0.3 is 5.63 Å². The number of aromatic nitrogens is 2. The molecule has 1 aliphatic heterocycles. The van der Waals surface area contributed by atoms with Gasteiger partial charge in [0.2, 0.25) is 5.89 Å². The van der Waals surface area contributed by atoms with Crippen molar-refractivity contribution in [3.63, 3.8) is 0 Å². The van der Waals surface area contributed by atoms with E-state index >= 15 is 0 Å². The van der Waals surface area contributed by atoms with Gasteiger partial charge in [0.1, 0.15) is 11.6 Å². The lowest BCUT2D eigenvalue weighted by atomic mass is 10.1. The molecule has 0 unspecified atom stereocenters. The molecule has 1 aromatic carbocycles. The lowest BCUT2D eigenvalue weighted by Gasteiger charge is -2.35. The van der Waals surface area contributed by atoms with Crippen LogP contribution in [0.2, 0.25) is 0 Å². The highest BCUT2D eigenvalue weighted by molar-refractivity contribution is 5.84. The number of hydrogen-bond acceptors (Lipinski definition) is 7. The lowest BCUT2D eigenvalue weighted by Crippen LogP contribution is -2.47. The Morgan fingerprint density at radius 1 is 1.17 bits per heavy atom. The predicted octanol–water partition coefficient (Wildman–Crippen LogP) is 3.35. The second kappa shape index (κ2) is 8.83. The number of fused-ring (bicyclic) bond motifs is 1. The quantitative estimate of drug-likeness (QED) is 0.619. The maximum atomic E-state index is 12.9. The van der Waals surface area contributed by atoms with Crippen molar-refractivity contribution in [2.45, 2.75) is 26.7 Å². The first-order valence-corrected chi connectivity index (χ1v) is 10.6. The van der Waals surface area contributed by atoms with Crippen LogP contribution in [0.15, 0.2) is 39.7 Å². The van der Waals surface area contributed by atoms with Crippen LogP contribution in [-0.2, 0) is 6.42 Å². The summed E-state index contributed by atoms with van der Waals surface area (Å²) in [5.41, 5.74) is 1.81. The van der Waals surface area contributed by atoms with E-state index in [9.17, 15) is 4.79 Å². The number of rotatable bonds is 6. The van der Waals surface area contributed by atoms with E-state index in [1.807, 2.05) is 25.1 Å². The highest BCUT2D eigenvalue weighted by Gasteiger charge is 2.22. The van der Waals surface area contributed by atoms with E-state index in [0.717, 1.165) is 56.1 Å². The number of hydrogen-bond donors (Lipinski definition) is 0. The molecule has 0 aliphatic carbocycles. The van der Waals surface area contributed by atoms with Crippen molar-refractivity contribution in [2.75, 3.05) is 44.7 Å². The van der Waals surface area contributed by atoms with E-state index in [4.69, 9.17) is 14.1 Å². The number of nitrogens with zero attached hydrogens (tertiary/aromatic N) is 4. The van der Waals surface area contributed by atoms with Gasteiger partial charge in [0.15, 0.2) is 0 Å². The minimum absolute atomic E-state index is 0.293. The molecule has 0 N–H and O–H groups in total. The number of ether oxygens (including phenoxy) is 1. The zero-order valence-corrected chi connectivity index (χ0v) is 17.9. The fourth-order valence-corrected chi connectivity index (χ4v) is 4.08. The Hall–Kier alpha value is -2.93. The third-order valence-corrected chi connectivity index (χ3v) is 5.63. The van der Waals surface area contributed by atoms with Crippen LogP contribution >= 0.6 is 0 Å². The third kappa shape index (κ3) is 3.89. The number of aryl methyl sites for hydroxylation is 1. The van der Waals surface area contributed by atoms with Gasteiger partial charge in [-0.15, -0.1) is 0 Å². The molecule has 0 spiro atoms. The topological polar surface area (TPSA) is 71.7 Å². The van der Waals surface area contributed by atoms with Crippen LogP contribution in [-0.4, -0.2) is 54.7 Å². The summed E-state index contributed by atoms with van der Waals surface area (Å²) in [5, 5.41) is 0.515. The van der Waals surface area contributed by atoms with Gasteiger partial charge in [-0.3, -0.25) is 4.90 Å². The number of methoxy groups -OCH3 is 1. The standard InChI is InChI=1S/C23H28N4O3/c1-4-9-26-10-12-27(13-11-26)21-18(7-6-8-24-21)22-25-19-15-17(29-3)14-16(5-2)20(19)23(28)30-22/h6-8,14-15H,4-5,9-13H2,1-3H3. The maximum Gasteiger partial charge on any atom is 0.347 e. The molecular formula is C23H28N4O3. The van der Waals surface area contributed by atoms with Crippen molar-refractivity contribution >= 4 is 16.7 Å². The van der Waals surface area contributed by atoms with E-state index in [0.29, 0.717) is 29.0 Å². The van der Waals surface area contributed by atoms with Gasteiger partial charge in [0, 0.05) is 38.4 Å². The summed E-state index contributed by atoms with van der Waals surface area (Å²) >= 11 is 0. The number of anilines is 1. The van der Waals surface area contributed by atoms with Crippen LogP contribution in [0, 0.1) is 0 Å². The zero-order valence-electron chi connectivity index (χ0n) is 17.9. The number of piperazine rings is 1. The Bertz CT molecular complexity index is 1090.